The van der Waals surface area contributed by atoms with Gasteiger partial charge in [-0.1, -0.05) is 12.1 Å². The highest BCUT2D eigenvalue weighted by atomic mass is 15.2. The van der Waals surface area contributed by atoms with Crippen molar-refractivity contribution in [1.82, 2.24) is 0 Å². The number of nitrogen functional groups attached to an aromatic ring is 1. The highest BCUT2D eigenvalue weighted by molar-refractivity contribution is 5.74. The van der Waals surface area contributed by atoms with Gasteiger partial charge >= 0.3 is 0 Å². The predicted molar refractivity (Wildman–Crippen MR) is 57.0 cm³/mol. The molecule has 2 N–H and O–H groups in total. The topological polar surface area (TPSA) is 53.0 Å². The van der Waals surface area contributed by atoms with Crippen LogP contribution in [-0.4, -0.2) is 12.6 Å². The van der Waals surface area contributed by atoms with Gasteiger partial charge in [0, 0.05) is 6.54 Å². The Kier molecular flexibility index (Phi) is 2.05. The van der Waals surface area contributed by atoms with Gasteiger partial charge in [0.2, 0.25) is 0 Å². The fourth-order valence-corrected chi connectivity index (χ4v) is 1.97. The summed E-state index contributed by atoms with van der Waals surface area (Å²) in [5.41, 5.74) is 9.00. The van der Waals surface area contributed by atoms with Crippen molar-refractivity contribution >= 4 is 11.4 Å². The molecule has 0 spiro atoms. The van der Waals surface area contributed by atoms with Gasteiger partial charge in [-0.05, 0) is 25.0 Å². The molecule has 1 atom stereocenters. The largest absolute Gasteiger partial charge is 0.397 e. The Hall–Kier alpha value is -1.69. The van der Waals surface area contributed by atoms with Gasteiger partial charge in [0.25, 0.3) is 0 Å². The number of benzene rings is 1. The van der Waals surface area contributed by atoms with E-state index in [0.717, 1.165) is 24.3 Å². The van der Waals surface area contributed by atoms with Gasteiger partial charge < -0.3 is 10.6 Å². The fraction of sp³-hybridized carbons (Fsp3) is 0.364. The smallest absolute Gasteiger partial charge is 0.114 e. The van der Waals surface area contributed by atoms with Crippen LogP contribution in [0.3, 0.4) is 0 Å². The molecule has 1 aliphatic rings. The lowest BCUT2D eigenvalue weighted by Crippen LogP contribution is -2.30. The van der Waals surface area contributed by atoms with Crippen LogP contribution in [0.15, 0.2) is 18.2 Å². The second kappa shape index (κ2) is 3.22. The predicted octanol–water partition coefficient (Wildman–Crippen LogP) is 1.54. The normalized spacial score (nSPS) is 16.1. The Bertz CT molecular complexity index is 392. The highest BCUT2D eigenvalue weighted by Gasteiger charge is 2.24. The van der Waals surface area contributed by atoms with E-state index in [1.165, 1.54) is 5.56 Å². The number of nitrogens with two attached hydrogens (primary N) is 1. The zero-order chi connectivity index (χ0) is 10.1. The van der Waals surface area contributed by atoms with Crippen LogP contribution in [0.2, 0.25) is 0 Å². The first-order valence-corrected chi connectivity index (χ1v) is 4.77. The first-order valence-electron chi connectivity index (χ1n) is 4.77. The van der Waals surface area contributed by atoms with Crippen LogP contribution in [0.1, 0.15) is 12.5 Å². The Morgan fingerprint density at radius 2 is 2.36 bits per heavy atom. The molecule has 0 saturated carbocycles. The van der Waals surface area contributed by atoms with E-state index >= 15 is 0 Å². The zero-order valence-electron chi connectivity index (χ0n) is 8.20. The molecule has 1 aliphatic heterocycles. The summed E-state index contributed by atoms with van der Waals surface area (Å²) in [6.45, 7) is 2.81. The Balaban J connectivity index is 2.44. The summed E-state index contributed by atoms with van der Waals surface area (Å²) in [5, 5.41) is 8.88. The fourth-order valence-electron chi connectivity index (χ4n) is 1.97. The van der Waals surface area contributed by atoms with Crippen molar-refractivity contribution in [3.05, 3.63) is 23.8 Å². The SMILES string of the molecule is CC(C#N)N1CCc2cccc(N)c21. The maximum atomic E-state index is 8.88. The van der Waals surface area contributed by atoms with Crippen LogP contribution in [0, 0.1) is 11.3 Å². The van der Waals surface area contributed by atoms with Gasteiger partial charge in [0.1, 0.15) is 6.04 Å². The second-order valence-corrected chi connectivity index (χ2v) is 3.60. The summed E-state index contributed by atoms with van der Waals surface area (Å²) < 4.78 is 0. The number of fused-ring (bicyclic) bond motifs is 1. The van der Waals surface area contributed by atoms with Crippen molar-refractivity contribution in [3.8, 4) is 6.07 Å². The molecule has 14 heavy (non-hydrogen) atoms. The Morgan fingerprint density at radius 3 is 3.07 bits per heavy atom. The molecule has 1 aromatic rings. The first-order chi connectivity index (χ1) is 6.74. The van der Waals surface area contributed by atoms with Gasteiger partial charge in [-0.15, -0.1) is 0 Å². The average molecular weight is 187 g/mol. The monoisotopic (exact) mass is 187 g/mol. The molecule has 0 amide bonds. The molecule has 0 saturated heterocycles. The lowest BCUT2D eigenvalue weighted by atomic mass is 10.1. The van der Waals surface area contributed by atoms with Crippen LogP contribution >= 0.6 is 0 Å². The molecular formula is C11H13N3. The summed E-state index contributed by atoms with van der Waals surface area (Å²) in [6.07, 6.45) is 0.992. The second-order valence-electron chi connectivity index (χ2n) is 3.60. The Labute approximate surface area is 83.7 Å². The summed E-state index contributed by atoms with van der Waals surface area (Å²) in [7, 11) is 0. The van der Waals surface area contributed by atoms with Crippen molar-refractivity contribution in [2.75, 3.05) is 17.2 Å². The first kappa shape index (κ1) is 8.89. The standard InChI is InChI=1S/C11H13N3/c1-8(7-12)14-6-5-9-3-2-4-10(13)11(9)14/h2-4,8H,5-6,13H2,1H3. The minimum atomic E-state index is -0.0963. The van der Waals surface area contributed by atoms with Crippen molar-refractivity contribution in [1.29, 1.82) is 5.26 Å². The van der Waals surface area contributed by atoms with Crippen LogP contribution in [0.5, 0.6) is 0 Å². The van der Waals surface area contributed by atoms with E-state index in [9.17, 15) is 0 Å². The highest BCUT2D eigenvalue weighted by Crippen LogP contribution is 2.34. The molecular weight excluding hydrogens is 174 g/mol. The lowest BCUT2D eigenvalue weighted by molar-refractivity contribution is 0.775. The van der Waals surface area contributed by atoms with E-state index in [-0.39, 0.29) is 6.04 Å². The average Bonchev–Trinajstić information content (AvgIpc) is 2.62. The molecule has 1 unspecified atom stereocenters. The summed E-state index contributed by atoms with van der Waals surface area (Å²) in [6, 6.07) is 8.09. The number of rotatable bonds is 1. The number of anilines is 2. The third-order valence-electron chi connectivity index (χ3n) is 2.71. The maximum absolute atomic E-state index is 8.88. The number of para-hydroxylation sites is 1. The molecule has 0 aromatic heterocycles. The number of nitriles is 1. The minimum Gasteiger partial charge on any atom is -0.397 e. The molecule has 0 fully saturated rings. The van der Waals surface area contributed by atoms with Crippen LogP contribution in [0.25, 0.3) is 0 Å². The maximum Gasteiger partial charge on any atom is 0.114 e. The minimum absolute atomic E-state index is 0.0963. The lowest BCUT2D eigenvalue weighted by Gasteiger charge is -2.22. The van der Waals surface area contributed by atoms with Crippen LogP contribution < -0.4 is 10.6 Å². The van der Waals surface area contributed by atoms with E-state index in [4.69, 9.17) is 11.0 Å². The van der Waals surface area contributed by atoms with Gasteiger partial charge in [-0.3, -0.25) is 0 Å². The summed E-state index contributed by atoms with van der Waals surface area (Å²) in [4.78, 5) is 2.07. The summed E-state index contributed by atoms with van der Waals surface area (Å²) >= 11 is 0. The van der Waals surface area contributed by atoms with Gasteiger partial charge in [0.15, 0.2) is 0 Å². The third kappa shape index (κ3) is 1.20. The number of hydrogen-bond donors (Lipinski definition) is 1. The molecule has 3 heteroatoms. The van der Waals surface area contributed by atoms with E-state index in [0.29, 0.717) is 0 Å². The number of hydrogen-bond acceptors (Lipinski definition) is 3. The van der Waals surface area contributed by atoms with Crippen molar-refractivity contribution in [2.24, 2.45) is 0 Å². The van der Waals surface area contributed by atoms with Crippen LogP contribution in [0.4, 0.5) is 11.4 Å². The Morgan fingerprint density at radius 1 is 1.57 bits per heavy atom. The molecule has 2 rings (SSSR count). The van der Waals surface area contributed by atoms with E-state index in [1.54, 1.807) is 0 Å². The number of nitrogens with zero attached hydrogens (tertiary/aromatic N) is 2. The molecule has 72 valence electrons. The third-order valence-corrected chi connectivity index (χ3v) is 2.71. The van der Waals surface area contributed by atoms with Gasteiger partial charge in [-0.2, -0.15) is 5.26 Å². The summed E-state index contributed by atoms with van der Waals surface area (Å²) in [5.74, 6) is 0. The molecule has 1 heterocycles. The van der Waals surface area contributed by atoms with Crippen molar-refractivity contribution in [3.63, 3.8) is 0 Å². The van der Waals surface area contributed by atoms with E-state index in [1.807, 2.05) is 19.1 Å². The molecule has 0 radical (unpaired) electrons. The zero-order valence-corrected chi connectivity index (χ0v) is 8.20. The molecule has 3 nitrogen and oxygen atoms in total. The van der Waals surface area contributed by atoms with Crippen LogP contribution in [-0.2, 0) is 6.42 Å². The molecule has 0 bridgehead atoms. The molecule has 1 aromatic carbocycles. The van der Waals surface area contributed by atoms with Crippen molar-refractivity contribution in [2.45, 2.75) is 19.4 Å². The van der Waals surface area contributed by atoms with Crippen molar-refractivity contribution < 1.29 is 0 Å². The van der Waals surface area contributed by atoms with E-state index in [2.05, 4.69) is 17.0 Å². The van der Waals surface area contributed by atoms with Gasteiger partial charge in [0.05, 0.1) is 17.4 Å². The van der Waals surface area contributed by atoms with E-state index < -0.39 is 0 Å². The quantitative estimate of drug-likeness (QED) is 0.678. The molecule has 0 aliphatic carbocycles. The van der Waals surface area contributed by atoms with Gasteiger partial charge in [-0.25, -0.2) is 0 Å².